The molecule has 26 heavy (non-hydrogen) atoms. The SMILES string of the molecule is CCOc1ccc(C/C(O)=C2/C(=O)CCCC2=NCCO)cc1OCC. The Morgan fingerprint density at radius 2 is 1.88 bits per heavy atom. The first-order valence-electron chi connectivity index (χ1n) is 9.09. The molecule has 0 heterocycles. The number of Topliss-reactive ketones (excluding diaryl/α,β-unsaturated/α-hetero) is 1. The highest BCUT2D eigenvalue weighted by atomic mass is 16.5. The van der Waals surface area contributed by atoms with Crippen molar-refractivity contribution in [1.82, 2.24) is 0 Å². The maximum atomic E-state index is 12.3. The summed E-state index contributed by atoms with van der Waals surface area (Å²) >= 11 is 0. The third kappa shape index (κ3) is 5.08. The molecule has 0 spiro atoms. The molecular formula is C20H27NO5. The summed E-state index contributed by atoms with van der Waals surface area (Å²) in [4.78, 5) is 16.6. The van der Waals surface area contributed by atoms with Gasteiger partial charge in [0.15, 0.2) is 17.3 Å². The van der Waals surface area contributed by atoms with Gasteiger partial charge >= 0.3 is 0 Å². The van der Waals surface area contributed by atoms with E-state index in [1.165, 1.54) is 0 Å². The van der Waals surface area contributed by atoms with Crippen molar-refractivity contribution in [2.45, 2.75) is 39.5 Å². The molecule has 0 aliphatic heterocycles. The zero-order valence-corrected chi connectivity index (χ0v) is 15.5. The Morgan fingerprint density at radius 1 is 1.15 bits per heavy atom. The van der Waals surface area contributed by atoms with Gasteiger partial charge in [0.1, 0.15) is 5.76 Å². The number of rotatable bonds is 8. The standard InChI is InChI=1S/C20H27NO5/c1-3-25-18-9-8-14(13-19(18)26-4-2)12-17(24)20-15(21-10-11-22)6-5-7-16(20)23/h8-9,13,22,24H,3-7,10-12H2,1-2H3/b20-17-,21-15?. The van der Waals surface area contributed by atoms with E-state index in [0.717, 1.165) is 12.0 Å². The van der Waals surface area contributed by atoms with Crippen molar-refractivity contribution < 1.29 is 24.5 Å². The average Bonchev–Trinajstić information content (AvgIpc) is 2.62. The molecule has 0 radical (unpaired) electrons. The van der Waals surface area contributed by atoms with Crippen LogP contribution < -0.4 is 9.47 Å². The van der Waals surface area contributed by atoms with Crippen LogP contribution in [0.4, 0.5) is 0 Å². The molecule has 0 bridgehead atoms. The average molecular weight is 361 g/mol. The summed E-state index contributed by atoms with van der Waals surface area (Å²) in [6.07, 6.45) is 1.98. The van der Waals surface area contributed by atoms with E-state index in [1.807, 2.05) is 32.0 Å². The largest absolute Gasteiger partial charge is 0.511 e. The smallest absolute Gasteiger partial charge is 0.168 e. The highest BCUT2D eigenvalue weighted by Gasteiger charge is 2.25. The van der Waals surface area contributed by atoms with Crippen LogP contribution in [0.3, 0.4) is 0 Å². The molecule has 2 rings (SSSR count). The van der Waals surface area contributed by atoms with Gasteiger partial charge in [-0.25, -0.2) is 0 Å². The molecule has 0 unspecified atom stereocenters. The van der Waals surface area contributed by atoms with Crippen LogP contribution in [0.15, 0.2) is 34.5 Å². The van der Waals surface area contributed by atoms with Crippen LogP contribution in [0.25, 0.3) is 0 Å². The highest BCUT2D eigenvalue weighted by molar-refractivity contribution is 6.24. The zero-order chi connectivity index (χ0) is 18.9. The number of ketones is 1. The van der Waals surface area contributed by atoms with Gasteiger partial charge in [-0.1, -0.05) is 6.07 Å². The first-order valence-corrected chi connectivity index (χ1v) is 9.09. The maximum absolute atomic E-state index is 12.3. The van der Waals surface area contributed by atoms with Gasteiger partial charge in [0.05, 0.1) is 31.9 Å². The number of carbonyl (C=O) groups is 1. The fraction of sp³-hybridized carbons (Fsp3) is 0.500. The lowest BCUT2D eigenvalue weighted by Gasteiger charge is -2.18. The van der Waals surface area contributed by atoms with E-state index < -0.39 is 0 Å². The summed E-state index contributed by atoms with van der Waals surface area (Å²) in [5.41, 5.74) is 1.71. The molecule has 1 saturated carbocycles. The lowest BCUT2D eigenvalue weighted by Crippen LogP contribution is -2.22. The van der Waals surface area contributed by atoms with Crippen LogP contribution in [-0.4, -0.2) is 48.1 Å². The highest BCUT2D eigenvalue weighted by Crippen LogP contribution is 2.30. The van der Waals surface area contributed by atoms with E-state index in [1.54, 1.807) is 0 Å². The number of benzene rings is 1. The fourth-order valence-corrected chi connectivity index (χ4v) is 2.99. The molecule has 0 amide bonds. The van der Waals surface area contributed by atoms with Gasteiger partial charge in [-0.15, -0.1) is 0 Å². The molecule has 6 nitrogen and oxygen atoms in total. The predicted octanol–water partition coefficient (Wildman–Crippen LogP) is 3.02. The Bertz CT molecular complexity index is 693. The Morgan fingerprint density at radius 3 is 2.58 bits per heavy atom. The Balaban J connectivity index is 2.30. The van der Waals surface area contributed by atoms with E-state index in [4.69, 9.17) is 14.6 Å². The van der Waals surface area contributed by atoms with E-state index in [0.29, 0.717) is 48.8 Å². The molecular weight excluding hydrogens is 334 g/mol. The van der Waals surface area contributed by atoms with Gasteiger partial charge < -0.3 is 19.7 Å². The zero-order valence-electron chi connectivity index (χ0n) is 15.5. The lowest BCUT2D eigenvalue weighted by atomic mass is 9.89. The lowest BCUT2D eigenvalue weighted by molar-refractivity contribution is -0.115. The van der Waals surface area contributed by atoms with Crippen molar-refractivity contribution in [2.75, 3.05) is 26.4 Å². The van der Waals surface area contributed by atoms with Crippen molar-refractivity contribution in [3.8, 4) is 11.5 Å². The van der Waals surface area contributed by atoms with Crippen LogP contribution in [0.1, 0.15) is 38.7 Å². The molecule has 142 valence electrons. The fourth-order valence-electron chi connectivity index (χ4n) is 2.99. The van der Waals surface area contributed by atoms with Gasteiger partial charge in [-0.05, 0) is 44.4 Å². The van der Waals surface area contributed by atoms with Crippen LogP contribution in [0.5, 0.6) is 11.5 Å². The van der Waals surface area contributed by atoms with Gasteiger partial charge in [0, 0.05) is 18.6 Å². The van der Waals surface area contributed by atoms with Gasteiger partial charge in [-0.2, -0.15) is 0 Å². The summed E-state index contributed by atoms with van der Waals surface area (Å²) in [6.45, 7) is 4.99. The molecule has 1 aromatic rings. The number of ether oxygens (including phenoxy) is 2. The number of aliphatic hydroxyl groups is 2. The summed E-state index contributed by atoms with van der Waals surface area (Å²) in [5.74, 6) is 1.19. The van der Waals surface area contributed by atoms with E-state index in [2.05, 4.69) is 4.99 Å². The minimum atomic E-state index is -0.0959. The topological polar surface area (TPSA) is 88.4 Å². The third-order valence-corrected chi connectivity index (χ3v) is 4.06. The summed E-state index contributed by atoms with van der Waals surface area (Å²) in [7, 11) is 0. The quantitative estimate of drug-likeness (QED) is 0.549. The molecule has 2 N–H and O–H groups in total. The van der Waals surface area contributed by atoms with E-state index in [9.17, 15) is 9.90 Å². The van der Waals surface area contributed by atoms with Gasteiger partial charge in [-0.3, -0.25) is 9.79 Å². The minimum Gasteiger partial charge on any atom is -0.511 e. The molecule has 0 saturated heterocycles. The Hall–Kier alpha value is -2.34. The number of nitrogens with zero attached hydrogens (tertiary/aromatic N) is 1. The summed E-state index contributed by atoms with van der Waals surface area (Å²) in [5, 5.41) is 19.6. The number of aliphatic imine (C=N–C) groups is 1. The normalized spacial score (nSPS) is 18.1. The van der Waals surface area contributed by atoms with Crippen molar-refractivity contribution in [3.05, 3.63) is 35.1 Å². The van der Waals surface area contributed by atoms with Crippen molar-refractivity contribution in [2.24, 2.45) is 4.99 Å². The predicted molar refractivity (Wildman–Crippen MR) is 100 cm³/mol. The third-order valence-electron chi connectivity index (χ3n) is 4.06. The number of hydrogen-bond donors (Lipinski definition) is 2. The minimum absolute atomic E-state index is 0.0120. The monoisotopic (exact) mass is 361 g/mol. The van der Waals surface area contributed by atoms with Crippen LogP contribution in [-0.2, 0) is 11.2 Å². The van der Waals surface area contributed by atoms with Gasteiger partial charge in [0.2, 0.25) is 0 Å². The molecule has 0 aromatic heterocycles. The second kappa shape index (κ2) is 9.97. The van der Waals surface area contributed by atoms with Gasteiger partial charge in [0.25, 0.3) is 0 Å². The molecule has 1 aliphatic carbocycles. The summed E-state index contributed by atoms with van der Waals surface area (Å²) in [6, 6.07) is 5.48. The van der Waals surface area contributed by atoms with Crippen LogP contribution >= 0.6 is 0 Å². The molecule has 1 aromatic carbocycles. The Kier molecular flexibility index (Phi) is 7.66. The first kappa shape index (κ1) is 20.0. The first-order chi connectivity index (χ1) is 12.6. The maximum Gasteiger partial charge on any atom is 0.168 e. The second-order valence-corrected chi connectivity index (χ2v) is 5.97. The molecule has 1 fully saturated rings. The number of carbonyl (C=O) groups excluding carboxylic acids is 1. The number of aliphatic hydroxyl groups excluding tert-OH is 2. The van der Waals surface area contributed by atoms with Crippen LogP contribution in [0.2, 0.25) is 0 Å². The second-order valence-electron chi connectivity index (χ2n) is 5.97. The molecule has 1 aliphatic rings. The number of allylic oxidation sites excluding steroid dienone is 2. The number of hydrogen-bond acceptors (Lipinski definition) is 6. The van der Waals surface area contributed by atoms with Crippen LogP contribution in [0, 0.1) is 0 Å². The van der Waals surface area contributed by atoms with Crippen molar-refractivity contribution in [1.29, 1.82) is 0 Å². The Labute approximate surface area is 154 Å². The summed E-state index contributed by atoms with van der Waals surface area (Å²) < 4.78 is 11.2. The van der Waals surface area contributed by atoms with Crippen molar-refractivity contribution >= 4 is 11.5 Å². The van der Waals surface area contributed by atoms with E-state index in [-0.39, 0.29) is 31.1 Å². The molecule has 0 atom stereocenters. The van der Waals surface area contributed by atoms with Crippen molar-refractivity contribution in [3.63, 3.8) is 0 Å². The molecule has 6 heteroatoms. The van der Waals surface area contributed by atoms with E-state index >= 15 is 0 Å².